The number of nitrogens with zero attached hydrogens (tertiary/aromatic N) is 1. The van der Waals surface area contributed by atoms with E-state index in [0.717, 1.165) is 12.3 Å². The topological polar surface area (TPSA) is 29.3 Å². The van der Waals surface area contributed by atoms with Gasteiger partial charge in [0, 0.05) is 18.6 Å². The Bertz CT molecular complexity index is 406. The molecule has 2 atom stereocenters. The molecule has 1 aromatic carbocycles. The monoisotopic (exact) mass is 274 g/mol. The minimum Gasteiger partial charge on any atom is -0.326 e. The van der Waals surface area contributed by atoms with Gasteiger partial charge in [-0.05, 0) is 51.5 Å². The van der Waals surface area contributed by atoms with E-state index < -0.39 is 0 Å². The highest BCUT2D eigenvalue weighted by Crippen LogP contribution is 2.35. The van der Waals surface area contributed by atoms with Crippen LogP contribution in [0.15, 0.2) is 24.3 Å². The molecule has 0 radical (unpaired) electrons. The van der Waals surface area contributed by atoms with E-state index in [-0.39, 0.29) is 6.04 Å². The van der Waals surface area contributed by atoms with Crippen molar-refractivity contribution in [2.24, 2.45) is 11.7 Å². The van der Waals surface area contributed by atoms with E-state index in [4.69, 9.17) is 5.73 Å². The molecule has 2 nitrogen and oxygen atoms in total. The molecule has 0 aromatic heterocycles. The highest BCUT2D eigenvalue weighted by atomic mass is 15.2. The fourth-order valence-electron chi connectivity index (χ4n) is 2.92. The van der Waals surface area contributed by atoms with Crippen LogP contribution < -0.4 is 5.73 Å². The zero-order valence-corrected chi connectivity index (χ0v) is 13.5. The van der Waals surface area contributed by atoms with Crippen LogP contribution in [0.3, 0.4) is 0 Å². The third kappa shape index (κ3) is 3.83. The second-order valence-electron chi connectivity index (χ2n) is 6.66. The van der Waals surface area contributed by atoms with Crippen LogP contribution in [0.1, 0.15) is 57.2 Å². The zero-order chi connectivity index (χ0) is 14.7. The number of aryl methyl sites for hydroxylation is 1. The van der Waals surface area contributed by atoms with Gasteiger partial charge in [-0.25, -0.2) is 0 Å². The molecule has 1 aliphatic carbocycles. The van der Waals surface area contributed by atoms with Crippen LogP contribution in [-0.4, -0.2) is 23.5 Å². The smallest absolute Gasteiger partial charge is 0.0501 e. The van der Waals surface area contributed by atoms with Gasteiger partial charge in [0.25, 0.3) is 0 Å². The molecule has 2 unspecified atom stereocenters. The summed E-state index contributed by atoms with van der Waals surface area (Å²) in [5.74, 6) is 0.898. The first-order valence-corrected chi connectivity index (χ1v) is 8.10. The second kappa shape index (κ2) is 6.73. The van der Waals surface area contributed by atoms with Gasteiger partial charge in [0.2, 0.25) is 0 Å². The Labute approximate surface area is 124 Å². The Kier molecular flexibility index (Phi) is 5.22. The van der Waals surface area contributed by atoms with Gasteiger partial charge >= 0.3 is 0 Å². The summed E-state index contributed by atoms with van der Waals surface area (Å²) in [5.41, 5.74) is 9.17. The summed E-state index contributed by atoms with van der Waals surface area (Å²) in [7, 11) is 0. The normalized spacial score (nSPS) is 18.6. The lowest BCUT2D eigenvalue weighted by atomic mass is 9.94. The van der Waals surface area contributed by atoms with Crippen LogP contribution in [0.2, 0.25) is 0 Å². The van der Waals surface area contributed by atoms with Crippen LogP contribution in [0.5, 0.6) is 0 Å². The third-order valence-corrected chi connectivity index (χ3v) is 4.48. The van der Waals surface area contributed by atoms with Crippen molar-refractivity contribution in [1.82, 2.24) is 4.90 Å². The van der Waals surface area contributed by atoms with Crippen molar-refractivity contribution in [3.63, 3.8) is 0 Å². The van der Waals surface area contributed by atoms with Gasteiger partial charge in [-0.3, -0.25) is 4.90 Å². The van der Waals surface area contributed by atoms with Gasteiger partial charge in [0.1, 0.15) is 0 Å². The van der Waals surface area contributed by atoms with Gasteiger partial charge in [0.05, 0.1) is 6.04 Å². The molecule has 20 heavy (non-hydrogen) atoms. The molecular formula is C18H30N2. The standard InChI is InChI=1S/C18H30N2/c1-5-17(19)18(16-10-6-14(4)7-11-16)20(13(2)3)12-15-8-9-15/h6-7,10-11,13,15,17-18H,5,8-9,12,19H2,1-4H3. The fraction of sp³-hybridized carbons (Fsp3) is 0.667. The van der Waals surface area contributed by atoms with Crippen LogP contribution in [0.4, 0.5) is 0 Å². The quantitative estimate of drug-likeness (QED) is 0.817. The van der Waals surface area contributed by atoms with Crippen molar-refractivity contribution in [3.05, 3.63) is 35.4 Å². The third-order valence-electron chi connectivity index (χ3n) is 4.48. The summed E-state index contributed by atoms with van der Waals surface area (Å²) in [6.07, 6.45) is 3.81. The van der Waals surface area contributed by atoms with Gasteiger partial charge in [-0.2, -0.15) is 0 Å². The second-order valence-corrected chi connectivity index (χ2v) is 6.66. The molecule has 0 saturated heterocycles. The van der Waals surface area contributed by atoms with E-state index in [0.29, 0.717) is 12.1 Å². The molecule has 1 aliphatic rings. The number of hydrogen-bond donors (Lipinski definition) is 1. The Morgan fingerprint density at radius 2 is 1.80 bits per heavy atom. The average Bonchev–Trinajstić information content (AvgIpc) is 3.23. The highest BCUT2D eigenvalue weighted by molar-refractivity contribution is 5.25. The molecule has 2 heteroatoms. The van der Waals surface area contributed by atoms with Crippen molar-refractivity contribution in [3.8, 4) is 0 Å². The number of benzene rings is 1. The molecule has 2 rings (SSSR count). The fourth-order valence-corrected chi connectivity index (χ4v) is 2.92. The van der Waals surface area contributed by atoms with Crippen molar-refractivity contribution in [2.75, 3.05) is 6.54 Å². The number of rotatable bonds is 7. The van der Waals surface area contributed by atoms with Crippen molar-refractivity contribution in [2.45, 2.75) is 65.1 Å². The highest BCUT2D eigenvalue weighted by Gasteiger charge is 2.32. The maximum Gasteiger partial charge on any atom is 0.0501 e. The largest absolute Gasteiger partial charge is 0.326 e. The number of hydrogen-bond acceptors (Lipinski definition) is 2. The lowest BCUT2D eigenvalue weighted by Gasteiger charge is -2.38. The maximum atomic E-state index is 6.48. The molecule has 1 fully saturated rings. The lowest BCUT2D eigenvalue weighted by Crippen LogP contribution is -2.45. The van der Waals surface area contributed by atoms with E-state index in [1.807, 2.05) is 0 Å². The van der Waals surface area contributed by atoms with Crippen LogP contribution in [-0.2, 0) is 0 Å². The summed E-state index contributed by atoms with van der Waals surface area (Å²) >= 11 is 0. The molecule has 112 valence electrons. The van der Waals surface area contributed by atoms with E-state index in [2.05, 4.69) is 56.9 Å². The van der Waals surface area contributed by atoms with Crippen LogP contribution in [0, 0.1) is 12.8 Å². The Morgan fingerprint density at radius 1 is 1.20 bits per heavy atom. The van der Waals surface area contributed by atoms with E-state index in [1.165, 1.54) is 30.5 Å². The van der Waals surface area contributed by atoms with Gasteiger partial charge in [-0.15, -0.1) is 0 Å². The predicted octanol–water partition coefficient (Wildman–Crippen LogP) is 3.89. The van der Waals surface area contributed by atoms with Crippen molar-refractivity contribution < 1.29 is 0 Å². The summed E-state index contributed by atoms with van der Waals surface area (Å²) in [6.45, 7) is 10.1. The first kappa shape index (κ1) is 15.5. The Morgan fingerprint density at radius 3 is 2.25 bits per heavy atom. The van der Waals surface area contributed by atoms with E-state index >= 15 is 0 Å². The Hall–Kier alpha value is -0.860. The average molecular weight is 274 g/mol. The summed E-state index contributed by atoms with van der Waals surface area (Å²) in [5, 5.41) is 0. The first-order chi connectivity index (χ1) is 9.52. The van der Waals surface area contributed by atoms with Gasteiger partial charge in [-0.1, -0.05) is 36.8 Å². The lowest BCUT2D eigenvalue weighted by molar-refractivity contribution is 0.123. The predicted molar refractivity (Wildman–Crippen MR) is 86.8 cm³/mol. The minimum atomic E-state index is 0.207. The molecule has 0 heterocycles. The zero-order valence-electron chi connectivity index (χ0n) is 13.5. The molecular weight excluding hydrogens is 244 g/mol. The van der Waals surface area contributed by atoms with Crippen LogP contribution >= 0.6 is 0 Å². The summed E-state index contributed by atoms with van der Waals surface area (Å²) in [6, 6.07) is 10.0. The maximum absolute atomic E-state index is 6.48. The van der Waals surface area contributed by atoms with Gasteiger partial charge < -0.3 is 5.73 Å². The molecule has 0 aliphatic heterocycles. The first-order valence-electron chi connectivity index (χ1n) is 8.10. The molecule has 0 spiro atoms. The van der Waals surface area contributed by atoms with Crippen molar-refractivity contribution in [1.29, 1.82) is 0 Å². The van der Waals surface area contributed by atoms with E-state index in [1.54, 1.807) is 0 Å². The minimum absolute atomic E-state index is 0.207. The SMILES string of the molecule is CCC(N)C(c1ccc(C)cc1)N(CC1CC1)C(C)C. The summed E-state index contributed by atoms with van der Waals surface area (Å²) < 4.78 is 0. The molecule has 1 aromatic rings. The van der Waals surface area contributed by atoms with Gasteiger partial charge in [0.15, 0.2) is 0 Å². The molecule has 0 amide bonds. The van der Waals surface area contributed by atoms with E-state index in [9.17, 15) is 0 Å². The Balaban J connectivity index is 2.26. The molecule has 1 saturated carbocycles. The summed E-state index contributed by atoms with van der Waals surface area (Å²) in [4.78, 5) is 2.62. The molecule has 2 N–H and O–H groups in total. The molecule has 0 bridgehead atoms. The number of nitrogens with two attached hydrogens (primary N) is 1. The van der Waals surface area contributed by atoms with Crippen LogP contribution in [0.25, 0.3) is 0 Å². The van der Waals surface area contributed by atoms with Crippen molar-refractivity contribution >= 4 is 0 Å².